The third-order valence-electron chi connectivity index (χ3n) is 4.47. The number of carbonyl (C=O) groups is 1. The molecule has 0 spiro atoms. The van der Waals surface area contributed by atoms with E-state index >= 15 is 0 Å². The van der Waals surface area contributed by atoms with Gasteiger partial charge < -0.3 is 9.84 Å². The number of methoxy groups -OCH3 is 1. The van der Waals surface area contributed by atoms with Gasteiger partial charge in [0.2, 0.25) is 0 Å². The average Bonchev–Trinajstić information content (AvgIpc) is 2.51. The summed E-state index contributed by atoms with van der Waals surface area (Å²) in [6.45, 7) is 10.4. The van der Waals surface area contributed by atoms with Crippen molar-refractivity contribution >= 4 is 5.97 Å². The number of hydrogen-bond acceptors (Lipinski definition) is 3. The molecule has 1 N–H and O–H groups in total. The number of esters is 1. The van der Waals surface area contributed by atoms with Crippen molar-refractivity contribution in [2.45, 2.75) is 53.6 Å². The molecule has 1 aliphatic carbocycles. The zero-order valence-corrected chi connectivity index (χ0v) is 15.7. The lowest BCUT2D eigenvalue weighted by Gasteiger charge is -2.35. The van der Waals surface area contributed by atoms with Crippen molar-refractivity contribution in [3.05, 3.63) is 58.7 Å². The van der Waals surface area contributed by atoms with Crippen molar-refractivity contribution in [3.8, 4) is 0 Å². The van der Waals surface area contributed by atoms with Crippen LogP contribution in [0.2, 0.25) is 0 Å². The Hall–Kier alpha value is -1.87. The predicted molar refractivity (Wildman–Crippen MR) is 99.5 cm³/mol. The van der Waals surface area contributed by atoms with Crippen LogP contribution < -0.4 is 0 Å². The van der Waals surface area contributed by atoms with E-state index in [0.717, 1.165) is 29.6 Å². The first-order valence-electron chi connectivity index (χ1n) is 8.36. The third kappa shape index (κ3) is 5.97. The number of rotatable bonds is 5. The molecule has 0 amide bonds. The van der Waals surface area contributed by atoms with Crippen LogP contribution in [0, 0.1) is 5.41 Å². The Balaban J connectivity index is 2.84. The van der Waals surface area contributed by atoms with Crippen molar-refractivity contribution < 1.29 is 14.6 Å². The van der Waals surface area contributed by atoms with Gasteiger partial charge in [0.1, 0.15) is 0 Å². The summed E-state index contributed by atoms with van der Waals surface area (Å²) < 4.78 is 4.59. The van der Waals surface area contributed by atoms with Crippen LogP contribution in [0.5, 0.6) is 0 Å². The summed E-state index contributed by atoms with van der Waals surface area (Å²) in [5.74, 6) is -0.349. The van der Waals surface area contributed by atoms with Gasteiger partial charge in [-0.25, -0.2) is 4.79 Å². The summed E-state index contributed by atoms with van der Waals surface area (Å²) in [7, 11) is 1.37. The van der Waals surface area contributed by atoms with Gasteiger partial charge in [0.25, 0.3) is 0 Å². The number of allylic oxidation sites excluding steroid dienone is 8. The summed E-state index contributed by atoms with van der Waals surface area (Å²) in [6, 6.07) is 0. The molecule has 1 aliphatic rings. The molecule has 1 rings (SSSR count). The van der Waals surface area contributed by atoms with Crippen molar-refractivity contribution in [1.29, 1.82) is 0 Å². The van der Waals surface area contributed by atoms with E-state index in [9.17, 15) is 9.90 Å². The molecule has 0 aromatic rings. The molecule has 1 atom stereocenters. The summed E-state index contributed by atoms with van der Waals surface area (Å²) in [5, 5.41) is 10.1. The Labute approximate surface area is 146 Å². The van der Waals surface area contributed by atoms with E-state index in [2.05, 4.69) is 30.7 Å². The second-order valence-corrected chi connectivity index (χ2v) is 7.05. The van der Waals surface area contributed by atoms with Crippen molar-refractivity contribution in [3.63, 3.8) is 0 Å². The fourth-order valence-electron chi connectivity index (χ4n) is 2.83. The van der Waals surface area contributed by atoms with E-state index in [1.165, 1.54) is 18.8 Å². The molecular weight excluding hydrogens is 300 g/mol. The van der Waals surface area contributed by atoms with Crippen LogP contribution in [-0.2, 0) is 9.53 Å². The van der Waals surface area contributed by atoms with Gasteiger partial charge in [0.05, 0.1) is 13.2 Å². The highest BCUT2D eigenvalue weighted by atomic mass is 16.5. The highest BCUT2D eigenvalue weighted by Gasteiger charge is 2.30. The number of hydrogen-bond donors (Lipinski definition) is 1. The standard InChI is InChI=1S/C21H30O3/c1-15(8-7-9-16(2)14-20(23)24-6)10-11-18-17(3)19(22)12-13-21(18,4)5/h7-11,14,19,22H,12-13H2,1-6H3. The van der Waals surface area contributed by atoms with Gasteiger partial charge in [0.15, 0.2) is 0 Å². The lowest BCUT2D eigenvalue weighted by Crippen LogP contribution is -2.27. The fraction of sp³-hybridized carbons (Fsp3) is 0.476. The highest BCUT2D eigenvalue weighted by Crippen LogP contribution is 2.40. The Bertz CT molecular complexity index is 613. The molecule has 0 saturated heterocycles. The van der Waals surface area contributed by atoms with Crippen molar-refractivity contribution in [1.82, 2.24) is 0 Å². The molecule has 0 bridgehead atoms. The summed E-state index contributed by atoms with van der Waals surface area (Å²) in [6.07, 6.45) is 12.9. The van der Waals surface area contributed by atoms with Crippen LogP contribution in [0.3, 0.4) is 0 Å². The predicted octanol–water partition coefficient (Wildman–Crippen LogP) is 4.66. The number of carbonyl (C=O) groups excluding carboxylic acids is 1. The lowest BCUT2D eigenvalue weighted by atomic mass is 9.71. The van der Waals surface area contributed by atoms with Crippen LogP contribution >= 0.6 is 0 Å². The zero-order chi connectivity index (χ0) is 18.3. The summed E-state index contributed by atoms with van der Waals surface area (Å²) in [4.78, 5) is 11.1. The van der Waals surface area contributed by atoms with E-state index in [4.69, 9.17) is 0 Å². The van der Waals surface area contributed by atoms with E-state index in [1.54, 1.807) is 0 Å². The van der Waals surface area contributed by atoms with Crippen LogP contribution in [0.15, 0.2) is 58.7 Å². The average molecular weight is 330 g/mol. The lowest BCUT2D eigenvalue weighted by molar-refractivity contribution is -0.134. The first-order chi connectivity index (χ1) is 11.2. The highest BCUT2D eigenvalue weighted by molar-refractivity contribution is 5.83. The summed E-state index contributed by atoms with van der Waals surface area (Å²) >= 11 is 0. The third-order valence-corrected chi connectivity index (χ3v) is 4.47. The normalized spacial score (nSPS) is 22.5. The molecule has 24 heavy (non-hydrogen) atoms. The molecule has 0 aromatic carbocycles. The second-order valence-electron chi connectivity index (χ2n) is 7.05. The Morgan fingerprint density at radius 1 is 1.25 bits per heavy atom. The Morgan fingerprint density at radius 2 is 1.92 bits per heavy atom. The van der Waals surface area contributed by atoms with Gasteiger partial charge >= 0.3 is 5.97 Å². The van der Waals surface area contributed by atoms with Gasteiger partial charge in [-0.05, 0) is 55.7 Å². The zero-order valence-electron chi connectivity index (χ0n) is 15.7. The van der Waals surface area contributed by atoms with Gasteiger partial charge in [-0.3, -0.25) is 0 Å². The molecule has 3 nitrogen and oxygen atoms in total. The van der Waals surface area contributed by atoms with Crippen LogP contribution in [-0.4, -0.2) is 24.3 Å². The van der Waals surface area contributed by atoms with Gasteiger partial charge in [-0.1, -0.05) is 49.8 Å². The molecular formula is C21H30O3. The Morgan fingerprint density at radius 3 is 2.54 bits per heavy atom. The van der Waals surface area contributed by atoms with E-state index in [0.29, 0.717) is 0 Å². The monoisotopic (exact) mass is 330 g/mol. The minimum Gasteiger partial charge on any atom is -0.466 e. The van der Waals surface area contributed by atoms with Gasteiger partial charge in [-0.2, -0.15) is 0 Å². The second kappa shape index (κ2) is 8.84. The molecule has 3 heteroatoms. The number of aliphatic hydroxyl groups is 1. The maximum atomic E-state index is 11.1. The van der Waals surface area contributed by atoms with Crippen molar-refractivity contribution in [2.75, 3.05) is 7.11 Å². The summed E-state index contributed by atoms with van der Waals surface area (Å²) in [5.41, 5.74) is 4.33. The first kappa shape index (κ1) is 20.2. The maximum absolute atomic E-state index is 11.1. The quantitative estimate of drug-likeness (QED) is 0.453. The smallest absolute Gasteiger partial charge is 0.330 e. The van der Waals surface area contributed by atoms with Crippen LogP contribution in [0.4, 0.5) is 0 Å². The number of ether oxygens (including phenoxy) is 1. The van der Waals surface area contributed by atoms with Gasteiger partial charge in [-0.15, -0.1) is 0 Å². The maximum Gasteiger partial charge on any atom is 0.330 e. The molecule has 0 aromatic heterocycles. The van der Waals surface area contributed by atoms with E-state index in [1.807, 2.05) is 39.0 Å². The van der Waals surface area contributed by atoms with Crippen LogP contribution in [0.1, 0.15) is 47.5 Å². The molecule has 1 unspecified atom stereocenters. The molecule has 0 radical (unpaired) electrons. The molecule has 0 saturated carbocycles. The molecule has 0 heterocycles. The fourth-order valence-corrected chi connectivity index (χ4v) is 2.83. The largest absolute Gasteiger partial charge is 0.466 e. The van der Waals surface area contributed by atoms with Crippen molar-refractivity contribution in [2.24, 2.45) is 5.41 Å². The SMILES string of the molecule is COC(=O)C=C(C)C=CC=C(C)C=CC1=C(C)C(O)CCC1(C)C. The van der Waals surface area contributed by atoms with E-state index < -0.39 is 0 Å². The molecule has 0 aliphatic heterocycles. The Kier molecular flexibility index (Phi) is 7.43. The molecule has 132 valence electrons. The topological polar surface area (TPSA) is 46.5 Å². The molecule has 0 fully saturated rings. The van der Waals surface area contributed by atoms with E-state index in [-0.39, 0.29) is 17.5 Å². The minimum atomic E-state index is -0.349. The minimum absolute atomic E-state index is 0.0930. The van der Waals surface area contributed by atoms with Gasteiger partial charge in [0, 0.05) is 6.08 Å². The first-order valence-corrected chi connectivity index (χ1v) is 8.36. The number of aliphatic hydroxyl groups excluding tert-OH is 1. The van der Waals surface area contributed by atoms with Crippen LogP contribution in [0.25, 0.3) is 0 Å².